The average Bonchev–Trinajstić information content (AvgIpc) is 2.03. The van der Waals surface area contributed by atoms with E-state index in [0.717, 1.165) is 5.56 Å². The highest BCUT2D eigenvalue weighted by molar-refractivity contribution is 5.48. The fourth-order valence-electron chi connectivity index (χ4n) is 0.725. The van der Waals surface area contributed by atoms with Gasteiger partial charge in [0, 0.05) is 12.4 Å². The van der Waals surface area contributed by atoms with Gasteiger partial charge in [-0.15, -0.1) is 0 Å². The smallest absolute Gasteiger partial charge is 0.0696 e. The number of pyridine rings is 1. The molecule has 58 valence electrons. The molecule has 0 amide bonds. The van der Waals surface area contributed by atoms with Crippen LogP contribution in [0.25, 0.3) is 6.08 Å². The monoisotopic (exact) mass is 149 g/mol. The minimum atomic E-state index is -0.386. The number of rotatable bonds is 2. The number of aliphatic hydroxyl groups is 1. The van der Waals surface area contributed by atoms with Crippen molar-refractivity contribution in [3.63, 3.8) is 0 Å². The molecule has 11 heavy (non-hydrogen) atoms. The summed E-state index contributed by atoms with van der Waals surface area (Å²) >= 11 is 0. The van der Waals surface area contributed by atoms with Crippen LogP contribution in [0.5, 0.6) is 0 Å². The second kappa shape index (κ2) is 3.88. The lowest BCUT2D eigenvalue weighted by molar-refractivity contribution is 0.245. The van der Waals surface area contributed by atoms with Crippen LogP contribution in [0.3, 0.4) is 0 Å². The molecule has 0 aliphatic rings. The van der Waals surface area contributed by atoms with Crippen molar-refractivity contribution in [3.8, 4) is 0 Å². The van der Waals surface area contributed by atoms with E-state index in [-0.39, 0.29) is 6.10 Å². The standard InChI is InChI=1S/C9H11NO/c1-8(11)2-3-9-4-6-10-7-5-9/h2-8,11H,1H3/t8-/m0/s1. The molecule has 0 aromatic carbocycles. The van der Waals surface area contributed by atoms with Gasteiger partial charge in [-0.05, 0) is 24.6 Å². The molecule has 0 spiro atoms. The largest absolute Gasteiger partial charge is 0.389 e. The van der Waals surface area contributed by atoms with Gasteiger partial charge in [-0.25, -0.2) is 0 Å². The van der Waals surface area contributed by atoms with Gasteiger partial charge in [-0.1, -0.05) is 12.2 Å². The first-order valence-corrected chi connectivity index (χ1v) is 3.55. The molecule has 0 saturated carbocycles. The van der Waals surface area contributed by atoms with Crippen molar-refractivity contribution in [1.29, 1.82) is 0 Å². The van der Waals surface area contributed by atoms with Gasteiger partial charge in [0.1, 0.15) is 0 Å². The van der Waals surface area contributed by atoms with E-state index in [4.69, 9.17) is 5.11 Å². The Morgan fingerprint density at radius 1 is 1.45 bits per heavy atom. The maximum atomic E-state index is 8.91. The second-order valence-electron chi connectivity index (χ2n) is 2.38. The van der Waals surface area contributed by atoms with Crippen LogP contribution in [-0.2, 0) is 0 Å². The van der Waals surface area contributed by atoms with E-state index in [1.54, 1.807) is 25.4 Å². The van der Waals surface area contributed by atoms with E-state index >= 15 is 0 Å². The SMILES string of the molecule is C[C@H](O)C=Cc1ccncc1. The Labute approximate surface area is 66.2 Å². The predicted octanol–water partition coefficient (Wildman–Crippen LogP) is 1.48. The maximum absolute atomic E-state index is 8.91. The van der Waals surface area contributed by atoms with Crippen LogP contribution < -0.4 is 0 Å². The molecule has 1 aromatic rings. The zero-order valence-corrected chi connectivity index (χ0v) is 6.44. The first kappa shape index (κ1) is 7.95. The Hall–Kier alpha value is -1.15. The zero-order chi connectivity index (χ0) is 8.10. The van der Waals surface area contributed by atoms with Crippen LogP contribution in [0, 0.1) is 0 Å². The molecule has 0 aliphatic heterocycles. The number of aliphatic hydroxyl groups excluding tert-OH is 1. The molecule has 2 nitrogen and oxygen atoms in total. The van der Waals surface area contributed by atoms with Crippen LogP contribution in [0.4, 0.5) is 0 Å². The molecule has 1 rings (SSSR count). The Balaban J connectivity index is 2.65. The molecule has 1 aromatic heterocycles. The quantitative estimate of drug-likeness (QED) is 0.690. The summed E-state index contributed by atoms with van der Waals surface area (Å²) in [7, 11) is 0. The van der Waals surface area contributed by atoms with Crippen LogP contribution in [0.15, 0.2) is 30.6 Å². The topological polar surface area (TPSA) is 33.1 Å². The highest BCUT2D eigenvalue weighted by atomic mass is 16.3. The van der Waals surface area contributed by atoms with Crippen molar-refractivity contribution in [2.24, 2.45) is 0 Å². The number of hydrogen-bond donors (Lipinski definition) is 1. The summed E-state index contributed by atoms with van der Waals surface area (Å²) in [6.45, 7) is 1.72. The van der Waals surface area contributed by atoms with Gasteiger partial charge in [0.05, 0.1) is 6.10 Å². The molecule has 0 bridgehead atoms. The molecule has 0 unspecified atom stereocenters. The third-order valence-corrected chi connectivity index (χ3v) is 1.27. The Bertz CT molecular complexity index is 229. The summed E-state index contributed by atoms with van der Waals surface area (Å²) in [4.78, 5) is 3.88. The number of hydrogen-bond acceptors (Lipinski definition) is 2. The van der Waals surface area contributed by atoms with Crippen molar-refractivity contribution in [1.82, 2.24) is 4.98 Å². The van der Waals surface area contributed by atoms with E-state index in [0.29, 0.717) is 0 Å². The lowest BCUT2D eigenvalue weighted by Crippen LogP contribution is -1.91. The molecule has 0 aliphatic carbocycles. The van der Waals surface area contributed by atoms with Crippen molar-refractivity contribution in [3.05, 3.63) is 36.2 Å². The van der Waals surface area contributed by atoms with Crippen LogP contribution in [0.2, 0.25) is 0 Å². The normalized spacial score (nSPS) is 13.6. The molecular weight excluding hydrogens is 138 g/mol. The van der Waals surface area contributed by atoms with Crippen molar-refractivity contribution in [2.45, 2.75) is 13.0 Å². The molecule has 1 N–H and O–H groups in total. The summed E-state index contributed by atoms with van der Waals surface area (Å²) in [6.07, 6.45) is 6.66. The summed E-state index contributed by atoms with van der Waals surface area (Å²) in [5.41, 5.74) is 1.06. The van der Waals surface area contributed by atoms with E-state index in [1.165, 1.54) is 0 Å². The minimum absolute atomic E-state index is 0.386. The van der Waals surface area contributed by atoms with E-state index in [9.17, 15) is 0 Å². The Morgan fingerprint density at radius 3 is 2.64 bits per heavy atom. The highest BCUT2D eigenvalue weighted by Gasteiger charge is 1.86. The van der Waals surface area contributed by atoms with Crippen molar-refractivity contribution >= 4 is 6.08 Å². The van der Waals surface area contributed by atoms with Crippen molar-refractivity contribution in [2.75, 3.05) is 0 Å². The molecule has 0 saturated heterocycles. The van der Waals surface area contributed by atoms with E-state index in [1.807, 2.05) is 18.2 Å². The van der Waals surface area contributed by atoms with Gasteiger partial charge >= 0.3 is 0 Å². The third kappa shape index (κ3) is 2.96. The van der Waals surface area contributed by atoms with Gasteiger partial charge in [0.25, 0.3) is 0 Å². The summed E-state index contributed by atoms with van der Waals surface area (Å²) in [5.74, 6) is 0. The van der Waals surface area contributed by atoms with Crippen LogP contribution in [-0.4, -0.2) is 16.2 Å². The van der Waals surface area contributed by atoms with Crippen LogP contribution >= 0.6 is 0 Å². The Morgan fingerprint density at radius 2 is 2.09 bits per heavy atom. The van der Waals surface area contributed by atoms with E-state index < -0.39 is 0 Å². The van der Waals surface area contributed by atoms with Gasteiger partial charge in [0.2, 0.25) is 0 Å². The number of nitrogens with zero attached hydrogens (tertiary/aromatic N) is 1. The first-order valence-electron chi connectivity index (χ1n) is 3.55. The fourth-order valence-corrected chi connectivity index (χ4v) is 0.725. The molecule has 1 atom stereocenters. The van der Waals surface area contributed by atoms with E-state index in [2.05, 4.69) is 4.98 Å². The predicted molar refractivity (Wildman–Crippen MR) is 45.0 cm³/mol. The molecule has 2 heteroatoms. The highest BCUT2D eigenvalue weighted by Crippen LogP contribution is 1.99. The minimum Gasteiger partial charge on any atom is -0.389 e. The summed E-state index contributed by atoms with van der Waals surface area (Å²) < 4.78 is 0. The Kier molecular flexibility index (Phi) is 2.81. The molecule has 0 fully saturated rings. The van der Waals surface area contributed by atoms with Crippen LogP contribution in [0.1, 0.15) is 12.5 Å². The summed E-state index contributed by atoms with van der Waals surface area (Å²) in [6, 6.07) is 3.78. The third-order valence-electron chi connectivity index (χ3n) is 1.27. The molecule has 1 heterocycles. The molecule has 0 radical (unpaired) electrons. The molecular formula is C9H11NO. The summed E-state index contributed by atoms with van der Waals surface area (Å²) in [5, 5.41) is 8.91. The zero-order valence-electron chi connectivity index (χ0n) is 6.44. The van der Waals surface area contributed by atoms with Gasteiger partial charge in [0.15, 0.2) is 0 Å². The van der Waals surface area contributed by atoms with Gasteiger partial charge in [-0.3, -0.25) is 4.98 Å². The van der Waals surface area contributed by atoms with Crippen molar-refractivity contribution < 1.29 is 5.11 Å². The van der Waals surface area contributed by atoms with Gasteiger partial charge in [-0.2, -0.15) is 0 Å². The number of aromatic nitrogens is 1. The maximum Gasteiger partial charge on any atom is 0.0696 e. The second-order valence-corrected chi connectivity index (χ2v) is 2.38. The first-order chi connectivity index (χ1) is 5.29. The average molecular weight is 149 g/mol. The lowest BCUT2D eigenvalue weighted by atomic mass is 10.2. The lowest BCUT2D eigenvalue weighted by Gasteiger charge is -1.93. The fraction of sp³-hybridized carbons (Fsp3) is 0.222. The van der Waals surface area contributed by atoms with Gasteiger partial charge < -0.3 is 5.11 Å².